The second-order valence-electron chi connectivity index (χ2n) is 5.51. The fraction of sp³-hybridized carbons (Fsp3) is 0.167. The fourth-order valence-corrected chi connectivity index (χ4v) is 2.58. The second kappa shape index (κ2) is 6.16. The number of nitrogens with two attached hydrogens (primary N) is 1. The standard InChI is InChI=1S/C18H17N3O3/c1-11(17-20-14-5-3-4-6-15(14)21(17)2)24-18(23)13-9-7-12(8-10-13)16(19)22/h3-11H,1-2H3,(H2,19,22)/t11-/m0/s1. The Bertz CT molecular complexity index is 913. The van der Waals surface area contributed by atoms with Gasteiger partial charge in [-0.25, -0.2) is 9.78 Å². The second-order valence-corrected chi connectivity index (χ2v) is 5.51. The highest BCUT2D eigenvalue weighted by Gasteiger charge is 2.19. The van der Waals surface area contributed by atoms with Crippen LogP contribution in [0, 0.1) is 0 Å². The first-order chi connectivity index (χ1) is 11.5. The number of nitrogens with zero attached hydrogens (tertiary/aromatic N) is 2. The van der Waals surface area contributed by atoms with Gasteiger partial charge in [0.05, 0.1) is 16.6 Å². The predicted octanol–water partition coefficient (Wildman–Crippen LogP) is 2.59. The van der Waals surface area contributed by atoms with Crippen LogP contribution < -0.4 is 5.73 Å². The Kier molecular flexibility index (Phi) is 4.04. The van der Waals surface area contributed by atoms with Crippen LogP contribution in [0.1, 0.15) is 39.6 Å². The summed E-state index contributed by atoms with van der Waals surface area (Å²) in [6.45, 7) is 1.77. The molecule has 6 nitrogen and oxygen atoms in total. The number of esters is 1. The SMILES string of the molecule is C[C@H](OC(=O)c1ccc(C(N)=O)cc1)c1nc2ccccc2n1C. The number of para-hydroxylation sites is 2. The number of imidazole rings is 1. The molecular formula is C18H17N3O3. The van der Waals surface area contributed by atoms with E-state index < -0.39 is 18.0 Å². The van der Waals surface area contributed by atoms with E-state index in [1.807, 2.05) is 35.9 Å². The maximum absolute atomic E-state index is 12.3. The lowest BCUT2D eigenvalue weighted by Crippen LogP contribution is -2.14. The monoisotopic (exact) mass is 323 g/mol. The topological polar surface area (TPSA) is 87.2 Å². The minimum Gasteiger partial charge on any atom is -0.451 e. The number of hydrogen-bond acceptors (Lipinski definition) is 4. The highest BCUT2D eigenvalue weighted by Crippen LogP contribution is 2.22. The van der Waals surface area contributed by atoms with Crippen molar-refractivity contribution in [2.45, 2.75) is 13.0 Å². The molecule has 3 aromatic rings. The van der Waals surface area contributed by atoms with Crippen molar-refractivity contribution in [3.05, 3.63) is 65.5 Å². The van der Waals surface area contributed by atoms with Crippen molar-refractivity contribution in [2.24, 2.45) is 12.8 Å². The molecule has 2 N–H and O–H groups in total. The Morgan fingerprint density at radius 2 is 1.71 bits per heavy atom. The van der Waals surface area contributed by atoms with Crippen molar-refractivity contribution in [1.82, 2.24) is 9.55 Å². The number of amides is 1. The molecule has 0 unspecified atom stereocenters. The molecule has 0 aliphatic rings. The molecule has 0 aliphatic carbocycles. The summed E-state index contributed by atoms with van der Waals surface area (Å²) < 4.78 is 7.40. The first-order valence-corrected chi connectivity index (χ1v) is 7.49. The summed E-state index contributed by atoms with van der Waals surface area (Å²) in [5.41, 5.74) is 7.70. The van der Waals surface area contributed by atoms with Gasteiger partial charge in [-0.2, -0.15) is 0 Å². The predicted molar refractivity (Wildman–Crippen MR) is 89.5 cm³/mol. The lowest BCUT2D eigenvalue weighted by atomic mass is 10.1. The molecule has 122 valence electrons. The molecule has 1 heterocycles. The third-order valence-corrected chi connectivity index (χ3v) is 3.87. The van der Waals surface area contributed by atoms with Crippen molar-refractivity contribution in [3.8, 4) is 0 Å². The number of hydrogen-bond donors (Lipinski definition) is 1. The number of primary amides is 1. The number of ether oxygens (including phenoxy) is 1. The number of benzene rings is 2. The zero-order valence-corrected chi connectivity index (χ0v) is 13.4. The summed E-state index contributed by atoms with van der Waals surface area (Å²) in [7, 11) is 1.89. The fourth-order valence-electron chi connectivity index (χ4n) is 2.58. The Morgan fingerprint density at radius 3 is 2.33 bits per heavy atom. The molecule has 24 heavy (non-hydrogen) atoms. The number of aromatic nitrogens is 2. The van der Waals surface area contributed by atoms with Crippen LogP contribution in [0.5, 0.6) is 0 Å². The van der Waals surface area contributed by atoms with Gasteiger partial charge in [0.25, 0.3) is 0 Å². The van der Waals surface area contributed by atoms with E-state index in [9.17, 15) is 9.59 Å². The molecule has 0 saturated heterocycles. The molecule has 2 aromatic carbocycles. The normalized spacial score (nSPS) is 12.1. The van der Waals surface area contributed by atoms with Gasteiger partial charge in [0.15, 0.2) is 11.9 Å². The van der Waals surface area contributed by atoms with Crippen LogP contribution in [-0.2, 0) is 11.8 Å². The van der Waals surface area contributed by atoms with Gasteiger partial charge in [-0.1, -0.05) is 12.1 Å². The first-order valence-electron chi connectivity index (χ1n) is 7.49. The molecule has 0 radical (unpaired) electrons. The Morgan fingerprint density at radius 1 is 1.08 bits per heavy atom. The highest BCUT2D eigenvalue weighted by atomic mass is 16.5. The van der Waals surface area contributed by atoms with Crippen molar-refractivity contribution in [2.75, 3.05) is 0 Å². The smallest absolute Gasteiger partial charge is 0.338 e. The average molecular weight is 323 g/mol. The van der Waals surface area contributed by atoms with Gasteiger partial charge >= 0.3 is 5.97 Å². The van der Waals surface area contributed by atoms with Gasteiger partial charge in [-0.15, -0.1) is 0 Å². The van der Waals surface area contributed by atoms with Crippen LogP contribution in [0.25, 0.3) is 11.0 Å². The molecule has 0 aliphatic heterocycles. The third-order valence-electron chi connectivity index (χ3n) is 3.87. The lowest BCUT2D eigenvalue weighted by Gasteiger charge is -2.13. The summed E-state index contributed by atoms with van der Waals surface area (Å²) >= 11 is 0. The minimum atomic E-state index is -0.539. The van der Waals surface area contributed by atoms with Crippen LogP contribution >= 0.6 is 0 Å². The average Bonchev–Trinajstić information content (AvgIpc) is 2.92. The minimum absolute atomic E-state index is 0.343. The molecule has 0 bridgehead atoms. The molecular weight excluding hydrogens is 306 g/mol. The summed E-state index contributed by atoms with van der Waals surface area (Å²) in [5.74, 6) is -0.355. The van der Waals surface area contributed by atoms with Gasteiger partial charge in [-0.3, -0.25) is 4.79 Å². The summed E-state index contributed by atoms with van der Waals surface area (Å²) in [6.07, 6.45) is -0.509. The molecule has 1 amide bonds. The maximum Gasteiger partial charge on any atom is 0.338 e. The van der Waals surface area contributed by atoms with E-state index in [4.69, 9.17) is 10.5 Å². The van der Waals surface area contributed by atoms with Crippen LogP contribution in [0.15, 0.2) is 48.5 Å². The van der Waals surface area contributed by atoms with Crippen LogP contribution in [-0.4, -0.2) is 21.4 Å². The molecule has 1 aromatic heterocycles. The van der Waals surface area contributed by atoms with Gasteiger partial charge < -0.3 is 15.0 Å². The van der Waals surface area contributed by atoms with Crippen molar-refractivity contribution in [3.63, 3.8) is 0 Å². The molecule has 1 atom stereocenters. The number of carbonyl (C=O) groups is 2. The highest BCUT2D eigenvalue weighted by molar-refractivity contribution is 5.95. The summed E-state index contributed by atoms with van der Waals surface area (Å²) in [4.78, 5) is 27.8. The van der Waals surface area contributed by atoms with E-state index >= 15 is 0 Å². The quantitative estimate of drug-likeness (QED) is 0.748. The third kappa shape index (κ3) is 2.86. The van der Waals surface area contributed by atoms with Gasteiger partial charge in [-0.05, 0) is 43.3 Å². The van der Waals surface area contributed by atoms with E-state index in [0.717, 1.165) is 11.0 Å². The molecule has 3 rings (SSSR count). The lowest BCUT2D eigenvalue weighted by molar-refractivity contribution is 0.0315. The van der Waals surface area contributed by atoms with Crippen LogP contribution in [0.2, 0.25) is 0 Å². The molecule has 0 fully saturated rings. The van der Waals surface area contributed by atoms with Crippen LogP contribution in [0.4, 0.5) is 0 Å². The van der Waals surface area contributed by atoms with Gasteiger partial charge in [0.2, 0.25) is 5.91 Å². The first kappa shape index (κ1) is 15.7. The molecule has 0 spiro atoms. The largest absolute Gasteiger partial charge is 0.451 e. The van der Waals surface area contributed by atoms with E-state index in [1.165, 1.54) is 24.3 Å². The van der Waals surface area contributed by atoms with E-state index in [-0.39, 0.29) is 0 Å². The number of carbonyl (C=O) groups excluding carboxylic acids is 2. The Hall–Kier alpha value is -3.15. The number of fused-ring (bicyclic) bond motifs is 1. The van der Waals surface area contributed by atoms with E-state index in [2.05, 4.69) is 4.98 Å². The zero-order chi connectivity index (χ0) is 17.3. The summed E-state index contributed by atoms with van der Waals surface area (Å²) in [6, 6.07) is 13.8. The van der Waals surface area contributed by atoms with E-state index in [1.54, 1.807) is 6.92 Å². The van der Waals surface area contributed by atoms with Gasteiger partial charge in [0, 0.05) is 12.6 Å². The number of rotatable bonds is 4. The Balaban J connectivity index is 1.80. The summed E-state index contributed by atoms with van der Waals surface area (Å²) in [5, 5.41) is 0. The number of aryl methyl sites for hydroxylation is 1. The van der Waals surface area contributed by atoms with Crippen molar-refractivity contribution in [1.29, 1.82) is 0 Å². The van der Waals surface area contributed by atoms with Crippen molar-refractivity contribution < 1.29 is 14.3 Å². The Labute approximate surface area is 138 Å². The molecule has 0 saturated carbocycles. The zero-order valence-electron chi connectivity index (χ0n) is 13.4. The molecule has 6 heteroatoms. The van der Waals surface area contributed by atoms with Gasteiger partial charge in [0.1, 0.15) is 0 Å². The van der Waals surface area contributed by atoms with E-state index in [0.29, 0.717) is 17.0 Å². The maximum atomic E-state index is 12.3. The van der Waals surface area contributed by atoms with Crippen molar-refractivity contribution >= 4 is 22.9 Å². The van der Waals surface area contributed by atoms with Crippen LogP contribution in [0.3, 0.4) is 0 Å².